The van der Waals surface area contributed by atoms with Crippen LogP contribution in [0.2, 0.25) is 0 Å². The van der Waals surface area contributed by atoms with Crippen LogP contribution in [0.5, 0.6) is 5.75 Å². The summed E-state index contributed by atoms with van der Waals surface area (Å²) in [6, 6.07) is 8.88. The third-order valence-corrected chi connectivity index (χ3v) is 5.88. The molecule has 1 aromatic carbocycles. The summed E-state index contributed by atoms with van der Waals surface area (Å²) in [6.07, 6.45) is 5.09. The molecule has 9 heteroatoms. The van der Waals surface area contributed by atoms with Crippen LogP contribution < -0.4 is 15.4 Å². The van der Waals surface area contributed by atoms with Crippen LogP contribution >= 0.6 is 24.0 Å². The average Bonchev–Trinajstić information content (AvgIpc) is 3.23. The molecule has 2 heterocycles. The molecule has 2 N–H and O–H groups in total. The van der Waals surface area contributed by atoms with Gasteiger partial charge in [0.2, 0.25) is 0 Å². The zero-order valence-electron chi connectivity index (χ0n) is 19.0. The van der Waals surface area contributed by atoms with Crippen molar-refractivity contribution in [1.82, 2.24) is 30.3 Å². The number of halogens is 1. The van der Waals surface area contributed by atoms with Crippen molar-refractivity contribution in [1.29, 1.82) is 0 Å². The second-order valence-corrected chi connectivity index (χ2v) is 7.77. The number of nitrogens with one attached hydrogen (secondary N) is 2. The van der Waals surface area contributed by atoms with Crippen LogP contribution in [0.15, 0.2) is 35.6 Å². The van der Waals surface area contributed by atoms with E-state index in [0.29, 0.717) is 12.0 Å². The molecular formula is C22H36IN7O. The average molecular weight is 541 g/mol. The molecule has 172 valence electrons. The minimum atomic E-state index is 0. The first-order chi connectivity index (χ1) is 14.7. The molecule has 0 spiro atoms. The summed E-state index contributed by atoms with van der Waals surface area (Å²) in [5.41, 5.74) is 1.34. The molecule has 31 heavy (non-hydrogen) atoms. The minimum Gasteiger partial charge on any atom is -0.497 e. The van der Waals surface area contributed by atoms with Crippen molar-refractivity contribution in [2.75, 3.05) is 40.8 Å². The maximum atomic E-state index is 5.32. The van der Waals surface area contributed by atoms with Crippen molar-refractivity contribution in [3.8, 4) is 5.75 Å². The lowest BCUT2D eigenvalue weighted by Gasteiger charge is -2.40. The topological polar surface area (TPSA) is 79.6 Å². The fourth-order valence-electron chi connectivity index (χ4n) is 4.28. The number of benzene rings is 1. The van der Waals surface area contributed by atoms with Gasteiger partial charge in [0.1, 0.15) is 17.9 Å². The Labute approximate surface area is 202 Å². The molecule has 0 radical (unpaired) electrons. The highest BCUT2D eigenvalue weighted by Crippen LogP contribution is 2.35. The molecule has 0 bridgehead atoms. The molecule has 1 aromatic heterocycles. The number of rotatable bonds is 8. The van der Waals surface area contributed by atoms with Crippen LogP contribution in [0.1, 0.15) is 37.2 Å². The van der Waals surface area contributed by atoms with Crippen molar-refractivity contribution in [2.45, 2.75) is 38.8 Å². The third kappa shape index (κ3) is 6.80. The summed E-state index contributed by atoms with van der Waals surface area (Å²) in [4.78, 5) is 6.86. The monoisotopic (exact) mass is 541 g/mol. The number of guanidine groups is 1. The van der Waals surface area contributed by atoms with Crippen LogP contribution in [0.25, 0.3) is 0 Å². The molecule has 2 atom stereocenters. The van der Waals surface area contributed by atoms with Crippen LogP contribution in [0.3, 0.4) is 0 Å². The van der Waals surface area contributed by atoms with E-state index in [1.807, 2.05) is 7.05 Å². The maximum absolute atomic E-state index is 5.32. The fraction of sp³-hybridized carbons (Fsp3) is 0.591. The van der Waals surface area contributed by atoms with Gasteiger partial charge >= 0.3 is 0 Å². The first-order valence-corrected chi connectivity index (χ1v) is 10.8. The fourth-order valence-corrected chi connectivity index (χ4v) is 4.28. The van der Waals surface area contributed by atoms with Gasteiger partial charge in [0.25, 0.3) is 0 Å². The molecule has 1 fully saturated rings. The molecule has 3 rings (SSSR count). The Morgan fingerprint density at radius 1 is 1.26 bits per heavy atom. The van der Waals surface area contributed by atoms with Gasteiger partial charge in [0.15, 0.2) is 5.96 Å². The van der Waals surface area contributed by atoms with Gasteiger partial charge in [-0.25, -0.2) is 0 Å². The SMILES string of the molecule is CCc1nncn1CCNC(=NC)NCC1CCCN(C)C1c1ccc(OC)cc1.I. The van der Waals surface area contributed by atoms with Crippen molar-refractivity contribution in [3.05, 3.63) is 42.0 Å². The number of methoxy groups -OCH3 is 1. The number of hydrogen-bond donors (Lipinski definition) is 2. The quantitative estimate of drug-likeness (QED) is 0.304. The highest BCUT2D eigenvalue weighted by atomic mass is 127. The predicted octanol–water partition coefficient (Wildman–Crippen LogP) is 2.72. The van der Waals surface area contributed by atoms with E-state index in [9.17, 15) is 0 Å². The van der Waals surface area contributed by atoms with Gasteiger partial charge in [-0.1, -0.05) is 19.1 Å². The molecule has 1 aliphatic rings. The number of piperidine rings is 1. The summed E-state index contributed by atoms with van der Waals surface area (Å²) < 4.78 is 7.40. The van der Waals surface area contributed by atoms with Crippen molar-refractivity contribution < 1.29 is 4.74 Å². The van der Waals surface area contributed by atoms with Crippen LogP contribution in [0, 0.1) is 5.92 Å². The molecular weight excluding hydrogens is 505 g/mol. The second kappa shape index (κ2) is 12.8. The van der Waals surface area contributed by atoms with Gasteiger partial charge in [-0.3, -0.25) is 9.89 Å². The molecule has 2 aromatic rings. The Hall–Kier alpha value is -1.88. The highest BCUT2D eigenvalue weighted by molar-refractivity contribution is 14.0. The van der Waals surface area contributed by atoms with E-state index in [0.717, 1.165) is 50.1 Å². The highest BCUT2D eigenvalue weighted by Gasteiger charge is 2.30. The predicted molar refractivity (Wildman–Crippen MR) is 135 cm³/mol. The molecule has 0 amide bonds. The van der Waals surface area contributed by atoms with Gasteiger partial charge in [-0.2, -0.15) is 0 Å². The van der Waals surface area contributed by atoms with Crippen molar-refractivity contribution >= 4 is 29.9 Å². The van der Waals surface area contributed by atoms with E-state index in [1.54, 1.807) is 13.4 Å². The molecule has 8 nitrogen and oxygen atoms in total. The number of aromatic nitrogens is 3. The Morgan fingerprint density at radius 2 is 2.03 bits per heavy atom. The largest absolute Gasteiger partial charge is 0.497 e. The smallest absolute Gasteiger partial charge is 0.191 e. The summed E-state index contributed by atoms with van der Waals surface area (Å²) in [7, 11) is 5.75. The Balaban J connectivity index is 0.00000341. The van der Waals surface area contributed by atoms with Crippen LogP contribution in [-0.2, 0) is 13.0 Å². The summed E-state index contributed by atoms with van der Waals surface area (Å²) >= 11 is 0. The number of aliphatic imine (C=N–C) groups is 1. The zero-order chi connectivity index (χ0) is 21.3. The number of hydrogen-bond acceptors (Lipinski definition) is 5. The lowest BCUT2D eigenvalue weighted by atomic mass is 9.85. The van der Waals surface area contributed by atoms with Crippen molar-refractivity contribution in [3.63, 3.8) is 0 Å². The van der Waals surface area contributed by atoms with E-state index in [2.05, 4.69) is 73.5 Å². The van der Waals surface area contributed by atoms with Gasteiger partial charge < -0.3 is 19.9 Å². The Morgan fingerprint density at radius 3 is 2.71 bits per heavy atom. The first-order valence-electron chi connectivity index (χ1n) is 10.8. The van der Waals surface area contributed by atoms with Gasteiger partial charge in [-0.15, -0.1) is 34.2 Å². The molecule has 0 saturated carbocycles. The number of nitrogens with zero attached hydrogens (tertiary/aromatic N) is 5. The third-order valence-electron chi connectivity index (χ3n) is 5.88. The number of ether oxygens (including phenoxy) is 1. The van der Waals surface area contributed by atoms with Crippen molar-refractivity contribution in [2.24, 2.45) is 10.9 Å². The minimum absolute atomic E-state index is 0. The van der Waals surface area contributed by atoms with Crippen LogP contribution in [0.4, 0.5) is 0 Å². The molecule has 1 saturated heterocycles. The van der Waals surface area contributed by atoms with E-state index in [4.69, 9.17) is 4.74 Å². The lowest BCUT2D eigenvalue weighted by Crippen LogP contribution is -2.45. The number of likely N-dealkylation sites (tertiary alicyclic amines) is 1. The van der Waals surface area contributed by atoms with E-state index < -0.39 is 0 Å². The second-order valence-electron chi connectivity index (χ2n) is 7.77. The van der Waals surface area contributed by atoms with E-state index in [-0.39, 0.29) is 24.0 Å². The Kier molecular flexibility index (Phi) is 10.5. The zero-order valence-corrected chi connectivity index (χ0v) is 21.4. The Bertz CT molecular complexity index is 808. The molecule has 2 unspecified atom stereocenters. The lowest BCUT2D eigenvalue weighted by molar-refractivity contribution is 0.122. The molecule has 1 aliphatic heterocycles. The van der Waals surface area contributed by atoms with E-state index >= 15 is 0 Å². The van der Waals surface area contributed by atoms with Gasteiger partial charge in [0, 0.05) is 39.1 Å². The normalized spacial score (nSPS) is 19.5. The van der Waals surface area contributed by atoms with Crippen LogP contribution in [-0.4, -0.2) is 66.5 Å². The number of aryl methyl sites for hydroxylation is 1. The summed E-state index contributed by atoms with van der Waals surface area (Å²) in [5, 5.41) is 15.1. The van der Waals surface area contributed by atoms with Gasteiger partial charge in [0.05, 0.1) is 7.11 Å². The first kappa shape index (κ1) is 25.4. The molecule has 0 aliphatic carbocycles. The summed E-state index contributed by atoms with van der Waals surface area (Å²) in [5.74, 6) is 3.26. The summed E-state index contributed by atoms with van der Waals surface area (Å²) in [6.45, 7) is 5.69. The van der Waals surface area contributed by atoms with Gasteiger partial charge in [-0.05, 0) is 50.0 Å². The standard InChI is InChI=1S/C22H35N7O.HI/c1-5-20-27-26-16-29(20)14-12-24-22(23-2)25-15-18-7-6-13-28(3)21(18)17-8-10-19(30-4)11-9-17;/h8-11,16,18,21H,5-7,12-15H2,1-4H3,(H2,23,24,25);1H. The maximum Gasteiger partial charge on any atom is 0.191 e. The van der Waals surface area contributed by atoms with E-state index in [1.165, 1.54) is 18.4 Å².